The molecule has 1 aromatic heterocycles. The molecule has 0 fully saturated rings. The minimum absolute atomic E-state index is 0.941. The van der Waals surface area contributed by atoms with E-state index in [1.807, 2.05) is 13.2 Å². The van der Waals surface area contributed by atoms with Crippen LogP contribution in [0.25, 0.3) is 0 Å². The normalized spacial score (nSPS) is 11.2. The fourth-order valence-electron chi connectivity index (χ4n) is 1.90. The average Bonchev–Trinajstić information content (AvgIpc) is 2.36. The molecule has 0 unspecified atom stereocenters. The Morgan fingerprint density at radius 2 is 2.00 bits per heavy atom. The lowest BCUT2D eigenvalue weighted by molar-refractivity contribution is 0.234. The van der Waals surface area contributed by atoms with Gasteiger partial charge >= 0.3 is 0 Å². The van der Waals surface area contributed by atoms with Gasteiger partial charge in [-0.3, -0.25) is 4.90 Å². The van der Waals surface area contributed by atoms with Crippen molar-refractivity contribution in [2.24, 2.45) is 0 Å². The van der Waals surface area contributed by atoms with Crippen LogP contribution in [0.15, 0.2) is 18.3 Å². The number of hydrogen-bond donors (Lipinski definition) is 1. The van der Waals surface area contributed by atoms with Gasteiger partial charge in [0.25, 0.3) is 0 Å². The summed E-state index contributed by atoms with van der Waals surface area (Å²) < 4.78 is 0. The summed E-state index contributed by atoms with van der Waals surface area (Å²) in [5, 5.41) is 3.08. The third-order valence-electron chi connectivity index (χ3n) is 2.89. The van der Waals surface area contributed by atoms with E-state index in [2.05, 4.69) is 53.3 Å². The molecule has 0 bridgehead atoms. The Balaban J connectivity index is 2.57. The first-order chi connectivity index (χ1) is 8.65. The molecular formula is C14H26N4. The summed E-state index contributed by atoms with van der Waals surface area (Å²) in [5.74, 6) is 0.941. The first kappa shape index (κ1) is 14.9. The average molecular weight is 250 g/mol. The molecule has 0 spiro atoms. The lowest BCUT2D eigenvalue weighted by Gasteiger charge is -2.23. The van der Waals surface area contributed by atoms with Gasteiger partial charge in [-0.15, -0.1) is 0 Å². The number of rotatable bonds is 8. The van der Waals surface area contributed by atoms with Gasteiger partial charge in [0.15, 0.2) is 0 Å². The molecule has 0 aromatic carbocycles. The number of nitrogens with zero attached hydrogens (tertiary/aromatic N) is 3. The van der Waals surface area contributed by atoms with E-state index in [1.54, 1.807) is 0 Å². The summed E-state index contributed by atoms with van der Waals surface area (Å²) in [4.78, 5) is 8.97. The summed E-state index contributed by atoms with van der Waals surface area (Å²) in [5.41, 5.74) is 1.32. The zero-order valence-electron chi connectivity index (χ0n) is 12.1. The van der Waals surface area contributed by atoms with Gasteiger partial charge in [0.2, 0.25) is 0 Å². The minimum atomic E-state index is 0.941. The first-order valence-electron chi connectivity index (χ1n) is 6.65. The van der Waals surface area contributed by atoms with Crippen molar-refractivity contribution in [2.75, 3.05) is 46.1 Å². The molecule has 0 saturated carbocycles. The Bertz CT molecular complexity index is 338. The van der Waals surface area contributed by atoms with Crippen molar-refractivity contribution in [3.8, 4) is 0 Å². The SMILES string of the molecule is CCCN(CCN(C)C)Cc1ccnc(NC)c1. The highest BCUT2D eigenvalue weighted by molar-refractivity contribution is 5.36. The van der Waals surface area contributed by atoms with Crippen molar-refractivity contribution in [1.29, 1.82) is 0 Å². The van der Waals surface area contributed by atoms with Gasteiger partial charge in [0.1, 0.15) is 5.82 Å². The molecule has 0 atom stereocenters. The smallest absolute Gasteiger partial charge is 0.125 e. The fraction of sp³-hybridized carbons (Fsp3) is 0.643. The number of hydrogen-bond acceptors (Lipinski definition) is 4. The summed E-state index contributed by atoms with van der Waals surface area (Å²) in [7, 11) is 6.15. The topological polar surface area (TPSA) is 31.4 Å². The highest BCUT2D eigenvalue weighted by Crippen LogP contribution is 2.09. The Labute approximate surface area is 111 Å². The molecule has 18 heavy (non-hydrogen) atoms. The Kier molecular flexibility index (Phi) is 6.68. The lowest BCUT2D eigenvalue weighted by atomic mass is 10.2. The number of pyridine rings is 1. The van der Waals surface area contributed by atoms with Crippen LogP contribution < -0.4 is 5.32 Å². The molecule has 1 aromatic rings. The second kappa shape index (κ2) is 8.06. The van der Waals surface area contributed by atoms with Crippen LogP contribution in [0.5, 0.6) is 0 Å². The van der Waals surface area contributed by atoms with Crippen molar-refractivity contribution >= 4 is 5.82 Å². The zero-order chi connectivity index (χ0) is 13.4. The molecule has 0 aliphatic heterocycles. The van der Waals surface area contributed by atoms with Crippen molar-refractivity contribution < 1.29 is 0 Å². The van der Waals surface area contributed by atoms with Crippen molar-refractivity contribution in [2.45, 2.75) is 19.9 Å². The maximum Gasteiger partial charge on any atom is 0.125 e. The Morgan fingerprint density at radius 3 is 2.61 bits per heavy atom. The fourth-order valence-corrected chi connectivity index (χ4v) is 1.90. The molecule has 0 amide bonds. The van der Waals surface area contributed by atoms with E-state index < -0.39 is 0 Å². The molecular weight excluding hydrogens is 224 g/mol. The Hall–Kier alpha value is -1.13. The summed E-state index contributed by atoms with van der Waals surface area (Å²) >= 11 is 0. The van der Waals surface area contributed by atoms with E-state index in [9.17, 15) is 0 Å². The van der Waals surface area contributed by atoms with Crippen LogP contribution in [-0.4, -0.2) is 55.6 Å². The standard InChI is InChI=1S/C14H26N4/c1-5-8-18(10-9-17(3)4)12-13-6-7-16-14(11-13)15-2/h6-7,11H,5,8-10,12H2,1-4H3,(H,15,16). The van der Waals surface area contributed by atoms with Crippen LogP contribution >= 0.6 is 0 Å². The van der Waals surface area contributed by atoms with Gasteiger partial charge in [0, 0.05) is 32.9 Å². The van der Waals surface area contributed by atoms with E-state index in [-0.39, 0.29) is 0 Å². The van der Waals surface area contributed by atoms with Crippen LogP contribution in [0.3, 0.4) is 0 Å². The van der Waals surface area contributed by atoms with Crippen LogP contribution in [0.2, 0.25) is 0 Å². The van der Waals surface area contributed by atoms with Gasteiger partial charge in [-0.05, 0) is 44.8 Å². The number of nitrogens with one attached hydrogen (secondary N) is 1. The van der Waals surface area contributed by atoms with Crippen molar-refractivity contribution in [3.05, 3.63) is 23.9 Å². The second-order valence-corrected chi connectivity index (χ2v) is 4.88. The monoisotopic (exact) mass is 250 g/mol. The third-order valence-corrected chi connectivity index (χ3v) is 2.89. The molecule has 102 valence electrons. The van der Waals surface area contributed by atoms with E-state index in [4.69, 9.17) is 0 Å². The molecule has 1 N–H and O–H groups in total. The maximum absolute atomic E-state index is 4.25. The zero-order valence-corrected chi connectivity index (χ0v) is 12.1. The van der Waals surface area contributed by atoms with Crippen LogP contribution in [0, 0.1) is 0 Å². The predicted octanol–water partition coefficient (Wildman–Crippen LogP) is 1.90. The van der Waals surface area contributed by atoms with Crippen LogP contribution in [-0.2, 0) is 6.54 Å². The maximum atomic E-state index is 4.25. The van der Waals surface area contributed by atoms with E-state index in [1.165, 1.54) is 12.0 Å². The third kappa shape index (κ3) is 5.47. The second-order valence-electron chi connectivity index (χ2n) is 4.88. The lowest BCUT2D eigenvalue weighted by Crippen LogP contribution is -2.32. The molecule has 4 heteroatoms. The molecule has 0 aliphatic rings. The van der Waals surface area contributed by atoms with Crippen LogP contribution in [0.1, 0.15) is 18.9 Å². The van der Waals surface area contributed by atoms with Gasteiger partial charge in [0.05, 0.1) is 0 Å². The first-order valence-corrected chi connectivity index (χ1v) is 6.65. The molecule has 1 heterocycles. The van der Waals surface area contributed by atoms with E-state index in [0.717, 1.165) is 32.0 Å². The van der Waals surface area contributed by atoms with Gasteiger partial charge < -0.3 is 10.2 Å². The van der Waals surface area contributed by atoms with Crippen molar-refractivity contribution in [3.63, 3.8) is 0 Å². The van der Waals surface area contributed by atoms with Crippen LogP contribution in [0.4, 0.5) is 5.82 Å². The van der Waals surface area contributed by atoms with Crippen molar-refractivity contribution in [1.82, 2.24) is 14.8 Å². The number of likely N-dealkylation sites (N-methyl/N-ethyl adjacent to an activating group) is 1. The molecule has 4 nitrogen and oxygen atoms in total. The predicted molar refractivity (Wildman–Crippen MR) is 77.9 cm³/mol. The van der Waals surface area contributed by atoms with Gasteiger partial charge in [-0.1, -0.05) is 6.92 Å². The molecule has 0 aliphatic carbocycles. The summed E-state index contributed by atoms with van der Waals surface area (Å²) in [6.07, 6.45) is 3.06. The van der Waals surface area contributed by atoms with Gasteiger partial charge in [-0.25, -0.2) is 4.98 Å². The molecule has 0 radical (unpaired) electrons. The van der Waals surface area contributed by atoms with E-state index in [0.29, 0.717) is 0 Å². The number of anilines is 1. The van der Waals surface area contributed by atoms with E-state index >= 15 is 0 Å². The summed E-state index contributed by atoms with van der Waals surface area (Å²) in [6, 6.07) is 4.22. The van der Waals surface area contributed by atoms with Gasteiger partial charge in [-0.2, -0.15) is 0 Å². The minimum Gasteiger partial charge on any atom is -0.373 e. The highest BCUT2D eigenvalue weighted by atomic mass is 15.2. The molecule has 0 saturated heterocycles. The molecule has 1 rings (SSSR count). The largest absolute Gasteiger partial charge is 0.373 e. The number of aromatic nitrogens is 1. The quantitative estimate of drug-likeness (QED) is 0.763. The highest BCUT2D eigenvalue weighted by Gasteiger charge is 2.06. The summed E-state index contributed by atoms with van der Waals surface area (Å²) in [6.45, 7) is 6.58. The Morgan fingerprint density at radius 1 is 1.22 bits per heavy atom.